The second-order valence-corrected chi connectivity index (χ2v) is 4.98. The van der Waals surface area contributed by atoms with Gasteiger partial charge in [0.05, 0.1) is 0 Å². The molecule has 0 radical (unpaired) electrons. The molecule has 6 nitrogen and oxygen atoms in total. The van der Waals surface area contributed by atoms with Gasteiger partial charge in [0.25, 0.3) is 5.91 Å². The highest BCUT2D eigenvalue weighted by Gasteiger charge is 2.53. The SMILES string of the molecule is O=C1CCN(CCNC(=O)c2ccccc2)C2(CO2)N1.[HH].[HH]. The average Bonchev–Trinajstić information content (AvgIpc) is 3.22. The number of rotatable bonds is 4. The lowest BCUT2D eigenvalue weighted by Gasteiger charge is -2.33. The van der Waals surface area contributed by atoms with Crippen molar-refractivity contribution < 1.29 is 17.2 Å². The van der Waals surface area contributed by atoms with Crippen LogP contribution in [0.15, 0.2) is 30.3 Å². The summed E-state index contributed by atoms with van der Waals surface area (Å²) in [6, 6.07) is 9.11. The lowest BCUT2D eigenvalue weighted by atomic mass is 10.2. The summed E-state index contributed by atoms with van der Waals surface area (Å²) in [7, 11) is 0. The molecule has 20 heavy (non-hydrogen) atoms. The van der Waals surface area contributed by atoms with Crippen molar-refractivity contribution in [1.82, 2.24) is 15.5 Å². The second-order valence-electron chi connectivity index (χ2n) is 4.98. The minimum atomic E-state index is -0.604. The zero-order chi connectivity index (χ0) is 14.0. The van der Waals surface area contributed by atoms with Crippen molar-refractivity contribution in [3.8, 4) is 0 Å². The predicted octanol–water partition coefficient (Wildman–Crippen LogP) is 0.414. The van der Waals surface area contributed by atoms with Gasteiger partial charge in [0, 0.05) is 34.5 Å². The van der Waals surface area contributed by atoms with Crippen molar-refractivity contribution >= 4 is 11.8 Å². The predicted molar refractivity (Wildman–Crippen MR) is 76.0 cm³/mol. The molecule has 2 fully saturated rings. The zero-order valence-corrected chi connectivity index (χ0v) is 11.1. The lowest BCUT2D eigenvalue weighted by Crippen LogP contribution is -2.58. The number of nitrogens with zero attached hydrogens (tertiary/aromatic N) is 1. The van der Waals surface area contributed by atoms with Crippen LogP contribution in [0.25, 0.3) is 0 Å². The van der Waals surface area contributed by atoms with E-state index in [0.717, 1.165) is 0 Å². The quantitative estimate of drug-likeness (QED) is 0.783. The molecule has 1 aromatic rings. The summed E-state index contributed by atoms with van der Waals surface area (Å²) in [5, 5.41) is 5.71. The van der Waals surface area contributed by atoms with Crippen LogP contribution in [0, 0.1) is 0 Å². The molecule has 1 spiro atoms. The lowest BCUT2D eigenvalue weighted by molar-refractivity contribution is -0.131. The molecule has 3 rings (SSSR count). The Morgan fingerprint density at radius 1 is 1.45 bits per heavy atom. The van der Waals surface area contributed by atoms with E-state index in [-0.39, 0.29) is 14.7 Å². The van der Waals surface area contributed by atoms with Crippen LogP contribution in [0.1, 0.15) is 19.6 Å². The Labute approximate surface area is 120 Å². The normalized spacial score (nSPS) is 25.3. The third-order valence-corrected chi connectivity index (χ3v) is 3.58. The molecule has 1 unspecified atom stereocenters. The minimum absolute atomic E-state index is 0. The maximum atomic E-state index is 11.9. The van der Waals surface area contributed by atoms with E-state index in [1.807, 2.05) is 18.2 Å². The fourth-order valence-electron chi connectivity index (χ4n) is 2.39. The number of carbonyl (C=O) groups is 2. The first-order chi connectivity index (χ1) is 9.70. The van der Waals surface area contributed by atoms with Gasteiger partial charge in [-0.3, -0.25) is 14.5 Å². The Kier molecular flexibility index (Phi) is 3.42. The van der Waals surface area contributed by atoms with Crippen LogP contribution in [0.3, 0.4) is 0 Å². The number of carbonyl (C=O) groups excluding carboxylic acids is 2. The van der Waals surface area contributed by atoms with Crippen molar-refractivity contribution in [2.45, 2.75) is 12.3 Å². The summed E-state index contributed by atoms with van der Waals surface area (Å²) in [5.41, 5.74) is 0.650. The van der Waals surface area contributed by atoms with E-state index in [1.165, 1.54) is 0 Å². The van der Waals surface area contributed by atoms with E-state index in [1.54, 1.807) is 12.1 Å². The third kappa shape index (κ3) is 2.66. The maximum absolute atomic E-state index is 11.9. The summed E-state index contributed by atoms with van der Waals surface area (Å²) >= 11 is 0. The molecule has 2 heterocycles. The molecule has 0 saturated carbocycles. The van der Waals surface area contributed by atoms with Gasteiger partial charge in [-0.15, -0.1) is 0 Å². The number of nitrogens with one attached hydrogen (secondary N) is 2. The third-order valence-electron chi connectivity index (χ3n) is 3.58. The molecule has 1 aromatic carbocycles. The number of ether oxygens (including phenoxy) is 1. The molecule has 2 saturated heterocycles. The smallest absolute Gasteiger partial charge is 0.251 e. The molecule has 6 heteroatoms. The molecule has 2 aliphatic rings. The molecule has 2 aliphatic heterocycles. The summed E-state index contributed by atoms with van der Waals surface area (Å²) in [6.45, 7) is 2.35. The molecule has 2 amide bonds. The van der Waals surface area contributed by atoms with Crippen LogP contribution < -0.4 is 10.6 Å². The summed E-state index contributed by atoms with van der Waals surface area (Å²) in [6.07, 6.45) is 0.470. The van der Waals surface area contributed by atoms with E-state index in [4.69, 9.17) is 4.74 Å². The van der Waals surface area contributed by atoms with Crippen LogP contribution in [0.2, 0.25) is 0 Å². The Morgan fingerprint density at radius 3 is 2.90 bits per heavy atom. The number of benzene rings is 1. The largest absolute Gasteiger partial charge is 0.351 e. The summed E-state index contributed by atoms with van der Waals surface area (Å²) < 4.78 is 5.34. The van der Waals surface area contributed by atoms with Crippen molar-refractivity contribution in [2.75, 3.05) is 26.2 Å². The van der Waals surface area contributed by atoms with Gasteiger partial charge < -0.3 is 15.4 Å². The molecule has 0 aliphatic carbocycles. The second kappa shape index (κ2) is 5.22. The van der Waals surface area contributed by atoms with Crippen molar-refractivity contribution in [3.05, 3.63) is 35.9 Å². The van der Waals surface area contributed by atoms with Crippen LogP contribution in [0.5, 0.6) is 0 Å². The fraction of sp³-hybridized carbons (Fsp3) is 0.429. The number of epoxide rings is 1. The Morgan fingerprint density at radius 2 is 2.20 bits per heavy atom. The molecule has 2 N–H and O–H groups in total. The molecular weight excluding hydrogens is 258 g/mol. The summed E-state index contributed by atoms with van der Waals surface area (Å²) in [4.78, 5) is 25.3. The highest BCUT2D eigenvalue weighted by molar-refractivity contribution is 5.94. The van der Waals surface area contributed by atoms with Crippen molar-refractivity contribution in [1.29, 1.82) is 0 Å². The van der Waals surface area contributed by atoms with Gasteiger partial charge in [-0.2, -0.15) is 0 Å². The number of hydrogen-bond donors (Lipinski definition) is 2. The number of hydrogen-bond acceptors (Lipinski definition) is 4. The minimum Gasteiger partial charge on any atom is -0.351 e. The van der Waals surface area contributed by atoms with Gasteiger partial charge in [-0.05, 0) is 12.1 Å². The molecule has 0 aromatic heterocycles. The Bertz CT molecular complexity index is 523. The van der Waals surface area contributed by atoms with Gasteiger partial charge in [-0.25, -0.2) is 0 Å². The topological polar surface area (TPSA) is 74.0 Å². The summed E-state index contributed by atoms with van der Waals surface area (Å²) in [5.74, 6) is -0.670. The van der Waals surface area contributed by atoms with Crippen molar-refractivity contribution in [3.63, 3.8) is 0 Å². The van der Waals surface area contributed by atoms with Gasteiger partial charge in [0.1, 0.15) is 6.61 Å². The first-order valence-electron chi connectivity index (χ1n) is 6.73. The fourth-order valence-corrected chi connectivity index (χ4v) is 2.39. The average molecular weight is 279 g/mol. The molecule has 110 valence electrons. The Hall–Kier alpha value is -1.92. The Balaban J connectivity index is 0.00000121. The van der Waals surface area contributed by atoms with E-state index in [2.05, 4.69) is 15.5 Å². The van der Waals surface area contributed by atoms with Crippen molar-refractivity contribution in [2.24, 2.45) is 0 Å². The molecular formula is C14H21N3O3. The van der Waals surface area contributed by atoms with Crippen LogP contribution in [-0.2, 0) is 9.53 Å². The molecule has 0 bridgehead atoms. The first-order valence-corrected chi connectivity index (χ1v) is 6.73. The van der Waals surface area contributed by atoms with E-state index >= 15 is 0 Å². The van der Waals surface area contributed by atoms with E-state index in [0.29, 0.717) is 38.2 Å². The zero-order valence-electron chi connectivity index (χ0n) is 11.1. The number of amides is 2. The van der Waals surface area contributed by atoms with Crippen LogP contribution >= 0.6 is 0 Å². The van der Waals surface area contributed by atoms with Gasteiger partial charge >= 0.3 is 0 Å². The van der Waals surface area contributed by atoms with E-state index < -0.39 is 5.85 Å². The highest BCUT2D eigenvalue weighted by atomic mass is 16.6. The van der Waals surface area contributed by atoms with Gasteiger partial charge in [0.2, 0.25) is 11.8 Å². The standard InChI is InChI=1S/C14H17N3O3.2H2/c18-12-6-8-17(14(16-12)10-20-14)9-7-15-13(19)11-4-2-1-3-5-11;;/h1-5H,6-10H2,(H,15,19)(H,16,18);2*1H. The van der Waals surface area contributed by atoms with E-state index in [9.17, 15) is 9.59 Å². The highest BCUT2D eigenvalue weighted by Crippen LogP contribution is 2.30. The van der Waals surface area contributed by atoms with Crippen LogP contribution in [0.4, 0.5) is 0 Å². The first kappa shape index (κ1) is 13.1. The monoisotopic (exact) mass is 279 g/mol. The van der Waals surface area contributed by atoms with Gasteiger partial charge in [0.15, 0.2) is 0 Å². The van der Waals surface area contributed by atoms with Crippen LogP contribution in [-0.4, -0.2) is 48.8 Å². The van der Waals surface area contributed by atoms with Gasteiger partial charge in [-0.1, -0.05) is 18.2 Å². The molecule has 1 atom stereocenters. The maximum Gasteiger partial charge on any atom is 0.251 e.